The van der Waals surface area contributed by atoms with Crippen LogP contribution in [0.15, 0.2) is 24.3 Å². The van der Waals surface area contributed by atoms with Crippen molar-refractivity contribution >= 4 is 30.4 Å². The molecule has 3 N–H and O–H groups in total. The monoisotopic (exact) mass is 474 g/mol. The fourth-order valence-electron chi connectivity index (χ4n) is 5.14. The molecule has 0 saturated heterocycles. The molecule has 1 aromatic carbocycles. The van der Waals surface area contributed by atoms with Gasteiger partial charge in [0.1, 0.15) is 11.6 Å². The second-order valence-electron chi connectivity index (χ2n) is 10.1. The number of thiol groups is 1. The second kappa shape index (κ2) is 11.4. The van der Waals surface area contributed by atoms with Crippen LogP contribution in [0.5, 0.6) is 0 Å². The van der Waals surface area contributed by atoms with E-state index >= 15 is 0 Å². The molecule has 2 fully saturated rings. The van der Waals surface area contributed by atoms with E-state index in [0.717, 1.165) is 18.4 Å². The third-order valence-corrected chi connectivity index (χ3v) is 8.06. The maximum absolute atomic E-state index is 13.3. The van der Waals surface area contributed by atoms with Crippen molar-refractivity contribution in [3.05, 3.63) is 35.4 Å². The normalized spacial score (nSPS) is 20.2. The Balaban J connectivity index is 1.71. The fraction of sp³-hybridized carbons (Fsp3) is 0.654. The van der Waals surface area contributed by atoms with Gasteiger partial charge in [0, 0.05) is 6.42 Å². The summed E-state index contributed by atoms with van der Waals surface area (Å²) >= 11 is 4.38. The maximum Gasteiger partial charge on any atom is 0.326 e. The average Bonchev–Trinajstić information content (AvgIpc) is 3.28. The van der Waals surface area contributed by atoms with E-state index in [2.05, 4.69) is 35.4 Å². The Morgan fingerprint density at radius 3 is 2.36 bits per heavy atom. The minimum Gasteiger partial charge on any atom is -0.480 e. The highest BCUT2D eigenvalue weighted by Gasteiger charge is 2.44. The van der Waals surface area contributed by atoms with Crippen LogP contribution in [0.3, 0.4) is 0 Å². The molecule has 6 nitrogen and oxygen atoms in total. The summed E-state index contributed by atoms with van der Waals surface area (Å²) in [6.45, 7) is 3.81. The number of carbonyl (C=O) groups is 3. The molecule has 0 bridgehead atoms. The van der Waals surface area contributed by atoms with E-state index in [1.807, 2.05) is 26.0 Å². The topological polar surface area (TPSA) is 95.5 Å². The Bertz CT molecular complexity index is 844. The Labute approximate surface area is 202 Å². The lowest BCUT2D eigenvalue weighted by atomic mass is 9.83. The van der Waals surface area contributed by atoms with Gasteiger partial charge < -0.3 is 15.7 Å². The number of carbonyl (C=O) groups excluding carboxylic acids is 2. The molecule has 2 atom stereocenters. The molecule has 182 valence electrons. The molecule has 7 heteroatoms. The van der Waals surface area contributed by atoms with E-state index in [9.17, 15) is 19.5 Å². The van der Waals surface area contributed by atoms with Gasteiger partial charge in [0.15, 0.2) is 0 Å². The molecule has 0 aromatic heterocycles. The summed E-state index contributed by atoms with van der Waals surface area (Å²) in [6.07, 6.45) is 8.96. The van der Waals surface area contributed by atoms with Crippen molar-refractivity contribution in [1.82, 2.24) is 10.6 Å². The van der Waals surface area contributed by atoms with Crippen molar-refractivity contribution in [2.45, 2.75) is 101 Å². The molecule has 33 heavy (non-hydrogen) atoms. The van der Waals surface area contributed by atoms with Crippen molar-refractivity contribution in [2.24, 2.45) is 5.92 Å². The lowest BCUT2D eigenvalue weighted by molar-refractivity contribution is -0.143. The summed E-state index contributed by atoms with van der Waals surface area (Å²) in [6, 6.07) is 7.08. The summed E-state index contributed by atoms with van der Waals surface area (Å²) in [7, 11) is 0. The molecule has 1 aromatic rings. The molecular weight excluding hydrogens is 436 g/mol. The highest BCUT2D eigenvalue weighted by atomic mass is 32.1. The van der Waals surface area contributed by atoms with Gasteiger partial charge in [-0.3, -0.25) is 9.59 Å². The summed E-state index contributed by atoms with van der Waals surface area (Å²) in [4.78, 5) is 38.0. The molecular formula is C26H38N2O4S. The van der Waals surface area contributed by atoms with E-state index < -0.39 is 28.7 Å². The van der Waals surface area contributed by atoms with Crippen molar-refractivity contribution in [3.8, 4) is 0 Å². The average molecular weight is 475 g/mol. The van der Waals surface area contributed by atoms with Gasteiger partial charge in [0.2, 0.25) is 11.8 Å². The van der Waals surface area contributed by atoms with E-state index in [0.29, 0.717) is 18.8 Å². The maximum atomic E-state index is 13.3. The van der Waals surface area contributed by atoms with Gasteiger partial charge in [-0.1, -0.05) is 70.2 Å². The van der Waals surface area contributed by atoms with E-state index in [4.69, 9.17) is 0 Å². The van der Waals surface area contributed by atoms with Crippen LogP contribution in [-0.2, 0) is 20.8 Å². The third-order valence-electron chi connectivity index (χ3n) is 7.23. The number of amides is 2. The molecule has 2 amide bonds. The minimum absolute atomic E-state index is 0.0260. The first-order valence-corrected chi connectivity index (χ1v) is 12.9. The lowest BCUT2D eigenvalue weighted by Crippen LogP contribution is -2.61. The summed E-state index contributed by atoms with van der Waals surface area (Å²) in [5.41, 5.74) is 1.10. The molecule has 2 aliphatic carbocycles. The number of benzene rings is 1. The highest BCUT2D eigenvalue weighted by Crippen LogP contribution is 2.33. The second-order valence-corrected chi connectivity index (χ2v) is 10.7. The van der Waals surface area contributed by atoms with E-state index in [1.54, 1.807) is 0 Å². The Morgan fingerprint density at radius 2 is 1.76 bits per heavy atom. The van der Waals surface area contributed by atoms with E-state index in [1.165, 1.54) is 37.7 Å². The smallest absolute Gasteiger partial charge is 0.326 e. The van der Waals surface area contributed by atoms with Gasteiger partial charge in [-0.15, -0.1) is 0 Å². The van der Waals surface area contributed by atoms with Crippen LogP contribution >= 0.6 is 12.6 Å². The van der Waals surface area contributed by atoms with Crippen LogP contribution in [0.1, 0.15) is 88.7 Å². The molecule has 0 heterocycles. The quantitative estimate of drug-likeness (QED) is 0.403. The van der Waals surface area contributed by atoms with Crippen molar-refractivity contribution in [2.75, 3.05) is 0 Å². The predicted octanol–water partition coefficient (Wildman–Crippen LogP) is 4.23. The lowest BCUT2D eigenvalue weighted by Gasteiger charge is -2.32. The molecule has 3 rings (SSSR count). The zero-order valence-corrected chi connectivity index (χ0v) is 20.7. The highest BCUT2D eigenvalue weighted by molar-refractivity contribution is 7.81. The SMILES string of the molecule is CC(C)[C@H](S)C(=O)NC1(C(=O)N[C@@H](Cc2cccc(C3CCCCC3)c2)C(=O)O)CCCC1. The van der Waals surface area contributed by atoms with Gasteiger partial charge in [-0.25, -0.2) is 4.79 Å². The van der Waals surface area contributed by atoms with Crippen molar-refractivity contribution < 1.29 is 19.5 Å². The van der Waals surface area contributed by atoms with Crippen LogP contribution in [0.4, 0.5) is 0 Å². The number of carboxylic acids is 1. The van der Waals surface area contributed by atoms with Crippen LogP contribution in [0.2, 0.25) is 0 Å². The molecule has 0 radical (unpaired) electrons. The standard InChI is InChI=1S/C26H38N2O4S/c1-17(2)22(33)23(29)28-26(13-6-7-14-26)25(32)27-21(24(30)31)16-18-9-8-12-20(15-18)19-10-4-3-5-11-19/h8-9,12,15,17,19,21-22,33H,3-7,10-11,13-14,16H2,1-2H3,(H,27,32)(H,28,29)(H,30,31)/t21-,22-/m0/s1. The molecule has 0 spiro atoms. The zero-order chi connectivity index (χ0) is 24.0. The third kappa shape index (κ3) is 6.52. The number of carboxylic acid groups (broad SMARTS) is 1. The Kier molecular flexibility index (Phi) is 8.85. The minimum atomic E-state index is -1.07. The largest absolute Gasteiger partial charge is 0.480 e. The fourth-order valence-corrected chi connectivity index (χ4v) is 5.21. The van der Waals surface area contributed by atoms with Crippen LogP contribution < -0.4 is 10.6 Å². The van der Waals surface area contributed by atoms with E-state index in [-0.39, 0.29) is 18.2 Å². The number of hydrogen-bond donors (Lipinski definition) is 4. The van der Waals surface area contributed by atoms with Crippen molar-refractivity contribution in [3.63, 3.8) is 0 Å². The predicted molar refractivity (Wildman–Crippen MR) is 132 cm³/mol. The number of rotatable bonds is 9. The first-order chi connectivity index (χ1) is 15.7. The van der Waals surface area contributed by atoms with Crippen molar-refractivity contribution in [1.29, 1.82) is 0 Å². The van der Waals surface area contributed by atoms with Gasteiger partial charge in [0.25, 0.3) is 0 Å². The molecule has 0 unspecified atom stereocenters. The van der Waals surface area contributed by atoms with Crippen LogP contribution in [0.25, 0.3) is 0 Å². The van der Waals surface area contributed by atoms with Gasteiger partial charge in [0.05, 0.1) is 5.25 Å². The number of nitrogens with one attached hydrogen (secondary N) is 2. The summed E-state index contributed by atoms with van der Waals surface area (Å²) < 4.78 is 0. The summed E-state index contributed by atoms with van der Waals surface area (Å²) in [5, 5.41) is 15.0. The first kappa shape index (κ1) is 25.6. The van der Waals surface area contributed by atoms with Gasteiger partial charge in [-0.05, 0) is 48.6 Å². The van der Waals surface area contributed by atoms with Gasteiger partial charge >= 0.3 is 5.97 Å². The number of hydrogen-bond acceptors (Lipinski definition) is 4. The Morgan fingerprint density at radius 1 is 1.09 bits per heavy atom. The molecule has 0 aliphatic heterocycles. The summed E-state index contributed by atoms with van der Waals surface area (Å²) in [5.74, 6) is -1.20. The molecule has 2 aliphatic rings. The zero-order valence-electron chi connectivity index (χ0n) is 19.8. The Hall–Kier alpha value is -2.02. The molecule has 2 saturated carbocycles. The van der Waals surface area contributed by atoms with Gasteiger partial charge in [-0.2, -0.15) is 12.6 Å². The first-order valence-electron chi connectivity index (χ1n) is 12.3. The number of aliphatic carboxylic acids is 1. The van der Waals surface area contributed by atoms with Crippen LogP contribution in [-0.4, -0.2) is 39.7 Å². The van der Waals surface area contributed by atoms with Crippen LogP contribution in [0, 0.1) is 5.92 Å².